The summed E-state index contributed by atoms with van der Waals surface area (Å²) in [5.41, 5.74) is 4.34. The molecule has 12 heteroatoms. The number of carbonyl (C=O) groups excluding carboxylic acids is 2. The van der Waals surface area contributed by atoms with Crippen LogP contribution in [0.3, 0.4) is 0 Å². The maximum Gasteiger partial charge on any atom is 0.314 e. The molecule has 0 saturated carbocycles. The summed E-state index contributed by atoms with van der Waals surface area (Å²) in [7, 11) is 0.883. The van der Waals surface area contributed by atoms with Crippen molar-refractivity contribution in [1.82, 2.24) is 29.5 Å². The molecule has 11 nitrogen and oxygen atoms in total. The van der Waals surface area contributed by atoms with Gasteiger partial charge in [-0.25, -0.2) is 4.68 Å². The molecule has 0 spiro atoms. The van der Waals surface area contributed by atoms with Crippen LogP contribution >= 0.6 is 0 Å². The van der Waals surface area contributed by atoms with Gasteiger partial charge in [0.05, 0.1) is 46.4 Å². The first-order chi connectivity index (χ1) is 23.0. The Morgan fingerprint density at radius 3 is 2.60 bits per heavy atom. The van der Waals surface area contributed by atoms with Gasteiger partial charge in [0.15, 0.2) is 0 Å². The minimum absolute atomic E-state index is 0.242. The van der Waals surface area contributed by atoms with Gasteiger partial charge >= 0.3 is 11.8 Å². The van der Waals surface area contributed by atoms with Crippen LogP contribution in [-0.4, -0.2) is 82.7 Å². The highest BCUT2D eigenvalue weighted by Crippen LogP contribution is 2.36. The molecule has 0 bridgehead atoms. The number of carbonyl (C=O) groups is 2. The number of ether oxygens (including phenoxy) is 1. The van der Waals surface area contributed by atoms with Crippen molar-refractivity contribution < 1.29 is 14.3 Å². The molecule has 5 heterocycles. The molecule has 2 amide bonds. The Labute approximate surface area is 283 Å². The molecule has 2 atom stereocenters. The molecule has 0 unspecified atom stereocenters. The topological polar surface area (TPSA) is 129 Å². The largest absolute Gasteiger partial charge is 0.360 e. The number of pyridine rings is 2. The monoisotopic (exact) mass is 666 g/mol. The molecule has 2 aliphatic rings. The van der Waals surface area contributed by atoms with Crippen molar-refractivity contribution in [3.63, 3.8) is 0 Å². The van der Waals surface area contributed by atoms with Crippen LogP contribution in [0.15, 0.2) is 42.9 Å². The molecule has 2 fully saturated rings. The van der Waals surface area contributed by atoms with Crippen molar-refractivity contribution in [3.05, 3.63) is 59.7 Å². The second kappa shape index (κ2) is 14.1. The Balaban J connectivity index is 1.23. The highest BCUT2D eigenvalue weighted by molar-refractivity contribution is 6.76. The van der Waals surface area contributed by atoms with Crippen molar-refractivity contribution in [2.45, 2.75) is 77.0 Å². The van der Waals surface area contributed by atoms with Crippen molar-refractivity contribution in [2.75, 3.05) is 38.6 Å². The van der Waals surface area contributed by atoms with E-state index < -0.39 is 19.9 Å². The summed E-state index contributed by atoms with van der Waals surface area (Å²) in [5, 5.41) is 18.9. The van der Waals surface area contributed by atoms with Crippen LogP contribution < -0.4 is 5.32 Å². The van der Waals surface area contributed by atoms with Gasteiger partial charge < -0.3 is 19.9 Å². The summed E-state index contributed by atoms with van der Waals surface area (Å²) in [5.74, 6) is -0.794. The Morgan fingerprint density at radius 1 is 1.06 bits per heavy atom. The summed E-state index contributed by atoms with van der Waals surface area (Å²) >= 11 is 0. The van der Waals surface area contributed by atoms with E-state index in [1.165, 1.54) is 0 Å². The summed E-state index contributed by atoms with van der Waals surface area (Å²) in [6, 6.07) is 11.1. The third kappa shape index (κ3) is 7.43. The summed E-state index contributed by atoms with van der Waals surface area (Å²) in [6.45, 7) is 12.3. The zero-order valence-electron chi connectivity index (χ0n) is 28.7. The number of likely N-dealkylation sites (tertiary alicyclic amines) is 2. The lowest BCUT2D eigenvalue weighted by Gasteiger charge is -2.38. The van der Waals surface area contributed by atoms with Crippen molar-refractivity contribution in [1.29, 1.82) is 5.26 Å². The van der Waals surface area contributed by atoms with E-state index in [-0.39, 0.29) is 24.6 Å². The maximum absolute atomic E-state index is 13.9. The van der Waals surface area contributed by atoms with E-state index >= 15 is 0 Å². The van der Waals surface area contributed by atoms with Gasteiger partial charge in [-0.1, -0.05) is 38.7 Å². The van der Waals surface area contributed by atoms with E-state index in [4.69, 9.17) is 9.72 Å². The van der Waals surface area contributed by atoms with Crippen LogP contribution in [0.25, 0.3) is 21.8 Å². The van der Waals surface area contributed by atoms with Crippen LogP contribution in [0.2, 0.25) is 25.7 Å². The van der Waals surface area contributed by atoms with Crippen LogP contribution in [-0.2, 0) is 21.1 Å². The fourth-order valence-corrected chi connectivity index (χ4v) is 7.64. The first-order valence-corrected chi connectivity index (χ1v) is 20.7. The molecule has 6 rings (SSSR count). The number of aromatic nitrogens is 4. The van der Waals surface area contributed by atoms with Crippen LogP contribution in [0.4, 0.5) is 5.69 Å². The van der Waals surface area contributed by atoms with Crippen LogP contribution in [0.5, 0.6) is 0 Å². The van der Waals surface area contributed by atoms with Crippen LogP contribution in [0.1, 0.15) is 61.4 Å². The molecule has 48 heavy (non-hydrogen) atoms. The second-order valence-electron chi connectivity index (χ2n) is 14.8. The predicted octanol–water partition coefficient (Wildman–Crippen LogP) is 5.91. The number of piperidine rings is 2. The summed E-state index contributed by atoms with van der Waals surface area (Å²) < 4.78 is 7.63. The molecule has 1 aromatic carbocycles. The Morgan fingerprint density at radius 2 is 1.85 bits per heavy atom. The maximum atomic E-state index is 13.9. The molecular formula is C36H46N8O3Si. The molecule has 4 aromatic rings. The van der Waals surface area contributed by atoms with Crippen LogP contribution in [0, 0.1) is 17.2 Å². The van der Waals surface area contributed by atoms with Gasteiger partial charge in [-0.15, -0.1) is 0 Å². The average molecular weight is 667 g/mol. The van der Waals surface area contributed by atoms with E-state index in [0.29, 0.717) is 29.9 Å². The first-order valence-electron chi connectivity index (χ1n) is 17.0. The standard InChI is InChI=1S/C36H46N8O3Si/c1-24-6-9-32(27-8-7-26-16-28(18-37)33(40-30(26)17-27)25-10-12-42(2)13-11-25)43(22-24)36(46)35(45)41-31-21-38-19-29-20-39-44(34(29)31)23-47-14-15-48(3,4)5/h7-8,16-17,19-21,24-25,32H,6,9-15,22-23H2,1-5H3,(H,41,45)/t24-,32+/m0/s1. The molecule has 1 N–H and O–H groups in total. The molecule has 2 aliphatic heterocycles. The molecule has 2 saturated heterocycles. The van der Waals surface area contributed by atoms with E-state index in [1.54, 1.807) is 28.2 Å². The van der Waals surface area contributed by atoms with E-state index in [1.807, 2.05) is 24.3 Å². The van der Waals surface area contributed by atoms with Gasteiger partial charge in [0, 0.05) is 44.1 Å². The number of anilines is 1. The third-order valence-electron chi connectivity index (χ3n) is 9.75. The fourth-order valence-electron chi connectivity index (χ4n) is 6.88. The summed E-state index contributed by atoms with van der Waals surface area (Å²) in [6.07, 6.45) is 8.55. The van der Waals surface area contributed by atoms with Gasteiger partial charge in [-0.3, -0.25) is 19.6 Å². The molecule has 3 aromatic heterocycles. The Hall–Kier alpha value is -4.18. The lowest BCUT2D eigenvalue weighted by atomic mass is 9.88. The number of nitrogens with one attached hydrogen (secondary N) is 1. The molecule has 0 aliphatic carbocycles. The lowest BCUT2D eigenvalue weighted by Crippen LogP contribution is -2.46. The second-order valence-corrected chi connectivity index (χ2v) is 20.4. The van der Waals surface area contributed by atoms with Gasteiger partial charge in [-0.05, 0) is 75.5 Å². The zero-order chi connectivity index (χ0) is 34.0. The number of fused-ring (bicyclic) bond motifs is 2. The SMILES string of the molecule is C[C@H]1CC[C@H](c2ccc3cc(C#N)c(C4CCN(C)CC4)nc3c2)N(C(=O)C(=O)Nc2cncc3cnn(COCC[Si](C)(C)C)c23)C1. The van der Waals surface area contributed by atoms with Crippen molar-refractivity contribution in [2.24, 2.45) is 5.92 Å². The quantitative estimate of drug-likeness (QED) is 0.140. The molecular weight excluding hydrogens is 621 g/mol. The number of nitriles is 1. The number of hydrogen-bond acceptors (Lipinski definition) is 8. The lowest BCUT2D eigenvalue weighted by molar-refractivity contribution is -0.146. The summed E-state index contributed by atoms with van der Waals surface area (Å²) in [4.78, 5) is 40.9. The van der Waals surface area contributed by atoms with Crippen molar-refractivity contribution in [3.8, 4) is 6.07 Å². The Kier molecular flexibility index (Phi) is 9.92. The van der Waals surface area contributed by atoms with Gasteiger partial charge in [-0.2, -0.15) is 10.4 Å². The number of hydrogen-bond donors (Lipinski definition) is 1. The third-order valence-corrected chi connectivity index (χ3v) is 11.5. The van der Waals surface area contributed by atoms with Gasteiger partial charge in [0.1, 0.15) is 12.8 Å². The minimum Gasteiger partial charge on any atom is -0.360 e. The number of rotatable bonds is 8. The van der Waals surface area contributed by atoms with Crippen molar-refractivity contribution >= 4 is 47.4 Å². The average Bonchev–Trinajstić information content (AvgIpc) is 3.49. The first kappa shape index (κ1) is 33.7. The van der Waals surface area contributed by atoms with Gasteiger partial charge in [0.25, 0.3) is 0 Å². The number of amides is 2. The van der Waals surface area contributed by atoms with E-state index in [0.717, 1.165) is 72.4 Å². The van der Waals surface area contributed by atoms with E-state index in [9.17, 15) is 14.9 Å². The highest BCUT2D eigenvalue weighted by atomic mass is 28.3. The predicted molar refractivity (Wildman–Crippen MR) is 189 cm³/mol. The van der Waals surface area contributed by atoms with E-state index in [2.05, 4.69) is 60.0 Å². The smallest absolute Gasteiger partial charge is 0.314 e. The van der Waals surface area contributed by atoms with Gasteiger partial charge in [0.2, 0.25) is 0 Å². The normalized spacial score (nSPS) is 19.5. The Bertz CT molecular complexity index is 1850. The number of nitrogens with zero attached hydrogens (tertiary/aromatic N) is 7. The number of benzene rings is 1. The molecule has 0 radical (unpaired) electrons. The highest BCUT2D eigenvalue weighted by Gasteiger charge is 2.35. The minimum atomic E-state index is -1.24. The molecule has 252 valence electrons. The zero-order valence-corrected chi connectivity index (χ0v) is 29.7. The fraction of sp³-hybridized carbons (Fsp3) is 0.500.